The lowest BCUT2D eigenvalue weighted by Crippen LogP contribution is -2.44. The molecule has 3 unspecified atom stereocenters. The lowest BCUT2D eigenvalue weighted by Gasteiger charge is -2.38. The molecule has 1 aliphatic rings. The van der Waals surface area contributed by atoms with Crippen LogP contribution in [0.15, 0.2) is 0 Å². The monoisotopic (exact) mass is 294 g/mol. The molecule has 0 bridgehead atoms. The van der Waals surface area contributed by atoms with Crippen molar-refractivity contribution in [2.24, 2.45) is 11.8 Å². The average molecular weight is 294 g/mol. The van der Waals surface area contributed by atoms with Crippen LogP contribution in [-0.2, 0) is 0 Å². The van der Waals surface area contributed by atoms with Gasteiger partial charge in [-0.3, -0.25) is 0 Å². The molecule has 0 aromatic rings. The maximum absolute atomic E-state index is 12.3. The van der Waals surface area contributed by atoms with Crippen LogP contribution >= 0.6 is 0 Å². The standard InChI is InChI=1S/C15H29F3N2/c1-4-5-12-6-7-14(19-2)13(10-12)11-20(3)9-8-15(16,17)18/h12-14,19H,4-11H2,1-3H3. The highest BCUT2D eigenvalue weighted by atomic mass is 19.4. The Morgan fingerprint density at radius 1 is 1.25 bits per heavy atom. The molecule has 0 spiro atoms. The van der Waals surface area contributed by atoms with Crippen LogP contribution in [0.3, 0.4) is 0 Å². The summed E-state index contributed by atoms with van der Waals surface area (Å²) < 4.78 is 36.8. The second-order valence-corrected chi connectivity index (χ2v) is 6.25. The first-order valence-electron chi connectivity index (χ1n) is 7.78. The molecule has 120 valence electrons. The van der Waals surface area contributed by atoms with Gasteiger partial charge in [-0.1, -0.05) is 19.8 Å². The molecule has 2 nitrogen and oxygen atoms in total. The number of nitrogens with zero attached hydrogens (tertiary/aromatic N) is 1. The Balaban J connectivity index is 2.44. The van der Waals surface area contributed by atoms with Crippen LogP contribution in [0.25, 0.3) is 0 Å². The van der Waals surface area contributed by atoms with Crippen molar-refractivity contribution in [2.75, 3.05) is 27.2 Å². The van der Waals surface area contributed by atoms with Gasteiger partial charge in [0.2, 0.25) is 0 Å². The first kappa shape index (κ1) is 17.8. The molecule has 0 saturated heterocycles. The summed E-state index contributed by atoms with van der Waals surface area (Å²) in [6, 6.07) is 0.455. The van der Waals surface area contributed by atoms with Gasteiger partial charge in [0.25, 0.3) is 0 Å². The van der Waals surface area contributed by atoms with E-state index in [9.17, 15) is 13.2 Å². The van der Waals surface area contributed by atoms with Gasteiger partial charge in [-0.05, 0) is 45.2 Å². The Bertz CT molecular complexity index is 268. The molecule has 3 atom stereocenters. The molecule has 0 amide bonds. The van der Waals surface area contributed by atoms with Crippen molar-refractivity contribution < 1.29 is 13.2 Å². The van der Waals surface area contributed by atoms with Gasteiger partial charge in [0.1, 0.15) is 0 Å². The number of alkyl halides is 3. The Morgan fingerprint density at radius 3 is 2.50 bits per heavy atom. The van der Waals surface area contributed by atoms with Crippen molar-refractivity contribution in [3.05, 3.63) is 0 Å². The molecule has 5 heteroatoms. The highest BCUT2D eigenvalue weighted by Crippen LogP contribution is 2.32. The fraction of sp³-hybridized carbons (Fsp3) is 1.00. The van der Waals surface area contributed by atoms with Crippen molar-refractivity contribution in [3.8, 4) is 0 Å². The zero-order valence-corrected chi connectivity index (χ0v) is 13.0. The van der Waals surface area contributed by atoms with E-state index < -0.39 is 12.6 Å². The molecule has 1 N–H and O–H groups in total. The Kier molecular flexibility index (Phi) is 7.30. The summed E-state index contributed by atoms with van der Waals surface area (Å²) >= 11 is 0. The summed E-state index contributed by atoms with van der Waals surface area (Å²) in [5.41, 5.74) is 0. The molecule has 0 heterocycles. The first-order chi connectivity index (χ1) is 9.35. The average Bonchev–Trinajstić information content (AvgIpc) is 2.36. The van der Waals surface area contributed by atoms with Crippen molar-refractivity contribution in [1.29, 1.82) is 0 Å². The van der Waals surface area contributed by atoms with Crippen molar-refractivity contribution in [3.63, 3.8) is 0 Å². The maximum atomic E-state index is 12.3. The summed E-state index contributed by atoms with van der Waals surface area (Å²) in [5, 5.41) is 3.35. The number of rotatable bonds is 7. The molecule has 0 aromatic heterocycles. The van der Waals surface area contributed by atoms with Crippen LogP contribution < -0.4 is 5.32 Å². The van der Waals surface area contributed by atoms with Gasteiger partial charge in [-0.15, -0.1) is 0 Å². The van der Waals surface area contributed by atoms with E-state index in [2.05, 4.69) is 12.2 Å². The molecular formula is C15H29F3N2. The van der Waals surface area contributed by atoms with Crippen LogP contribution in [0.4, 0.5) is 13.2 Å². The van der Waals surface area contributed by atoms with E-state index in [0.717, 1.165) is 25.3 Å². The second-order valence-electron chi connectivity index (χ2n) is 6.25. The predicted molar refractivity (Wildman–Crippen MR) is 76.8 cm³/mol. The zero-order valence-electron chi connectivity index (χ0n) is 13.0. The molecular weight excluding hydrogens is 265 g/mol. The molecule has 1 rings (SSSR count). The molecule has 0 radical (unpaired) electrons. The van der Waals surface area contributed by atoms with Crippen molar-refractivity contribution in [1.82, 2.24) is 10.2 Å². The van der Waals surface area contributed by atoms with Gasteiger partial charge in [0, 0.05) is 19.1 Å². The minimum atomic E-state index is -4.05. The summed E-state index contributed by atoms with van der Waals surface area (Å²) in [4.78, 5) is 1.84. The third-order valence-corrected chi connectivity index (χ3v) is 4.48. The smallest absolute Gasteiger partial charge is 0.317 e. The lowest BCUT2D eigenvalue weighted by molar-refractivity contribution is -0.137. The van der Waals surface area contributed by atoms with Crippen LogP contribution in [0, 0.1) is 11.8 Å². The number of hydrogen-bond acceptors (Lipinski definition) is 2. The van der Waals surface area contributed by atoms with Gasteiger partial charge in [0.05, 0.1) is 6.42 Å². The third kappa shape index (κ3) is 6.44. The Morgan fingerprint density at radius 2 is 1.95 bits per heavy atom. The van der Waals surface area contributed by atoms with Crippen LogP contribution in [0.5, 0.6) is 0 Å². The van der Waals surface area contributed by atoms with Gasteiger partial charge in [0.15, 0.2) is 0 Å². The van der Waals surface area contributed by atoms with E-state index in [-0.39, 0.29) is 6.54 Å². The fourth-order valence-electron chi connectivity index (χ4n) is 3.42. The second kappa shape index (κ2) is 8.23. The minimum Gasteiger partial charge on any atom is -0.317 e. The van der Waals surface area contributed by atoms with Crippen molar-refractivity contribution >= 4 is 0 Å². The highest BCUT2D eigenvalue weighted by Gasteiger charge is 2.31. The maximum Gasteiger partial charge on any atom is 0.390 e. The minimum absolute atomic E-state index is 0.106. The van der Waals surface area contributed by atoms with Crippen LogP contribution in [-0.4, -0.2) is 44.3 Å². The molecule has 0 aliphatic heterocycles. The highest BCUT2D eigenvalue weighted by molar-refractivity contribution is 4.85. The molecule has 1 fully saturated rings. The van der Waals surface area contributed by atoms with Gasteiger partial charge in [-0.2, -0.15) is 13.2 Å². The topological polar surface area (TPSA) is 15.3 Å². The van der Waals surface area contributed by atoms with Crippen LogP contribution in [0.1, 0.15) is 45.4 Å². The van der Waals surface area contributed by atoms with Gasteiger partial charge in [-0.25, -0.2) is 0 Å². The van der Waals surface area contributed by atoms with E-state index in [1.165, 1.54) is 19.3 Å². The molecule has 0 aromatic carbocycles. The fourth-order valence-corrected chi connectivity index (χ4v) is 3.42. The van der Waals surface area contributed by atoms with E-state index in [0.29, 0.717) is 12.0 Å². The van der Waals surface area contributed by atoms with E-state index in [4.69, 9.17) is 0 Å². The zero-order chi connectivity index (χ0) is 15.2. The quantitative estimate of drug-likeness (QED) is 0.770. The molecule has 1 saturated carbocycles. The normalized spacial score (nSPS) is 28.1. The number of nitrogens with one attached hydrogen (secondary N) is 1. The lowest BCUT2D eigenvalue weighted by atomic mass is 9.76. The van der Waals surface area contributed by atoms with Gasteiger partial charge < -0.3 is 10.2 Å². The Labute approximate surface area is 121 Å². The number of halogens is 3. The largest absolute Gasteiger partial charge is 0.390 e. The molecule has 20 heavy (non-hydrogen) atoms. The number of hydrogen-bond donors (Lipinski definition) is 1. The Hall–Kier alpha value is -0.290. The molecule has 1 aliphatic carbocycles. The summed E-state index contributed by atoms with van der Waals surface area (Å²) in [6.45, 7) is 3.07. The van der Waals surface area contributed by atoms with E-state index in [1.807, 2.05) is 19.0 Å². The first-order valence-corrected chi connectivity index (χ1v) is 7.78. The summed E-state index contributed by atoms with van der Waals surface area (Å²) in [5.74, 6) is 1.23. The third-order valence-electron chi connectivity index (χ3n) is 4.48. The SMILES string of the molecule is CCCC1CCC(NC)C(CN(C)CCC(F)(F)F)C1. The predicted octanol–water partition coefficient (Wildman–Crippen LogP) is 3.68. The van der Waals surface area contributed by atoms with Crippen molar-refractivity contribution in [2.45, 2.75) is 57.7 Å². The summed E-state index contributed by atoms with van der Waals surface area (Å²) in [6.07, 6.45) is 1.24. The van der Waals surface area contributed by atoms with Gasteiger partial charge >= 0.3 is 6.18 Å². The van der Waals surface area contributed by atoms with Crippen LogP contribution in [0.2, 0.25) is 0 Å². The van der Waals surface area contributed by atoms with E-state index >= 15 is 0 Å². The summed E-state index contributed by atoms with van der Waals surface area (Å²) in [7, 11) is 3.77. The van der Waals surface area contributed by atoms with E-state index in [1.54, 1.807) is 0 Å².